The fourth-order valence-corrected chi connectivity index (χ4v) is 1.75. The zero-order valence-corrected chi connectivity index (χ0v) is 10.6. The normalized spacial score (nSPS) is 10.1. The molecule has 0 aromatic heterocycles. The number of carbonyl (C=O) groups is 1. The summed E-state index contributed by atoms with van der Waals surface area (Å²) in [5.74, 6) is -1.44. The number of hydrogen-bond acceptors (Lipinski definition) is 2. The maximum absolute atomic E-state index is 13.6. The molecule has 0 aliphatic carbocycles. The number of aromatic carboxylic acids is 1. The lowest BCUT2D eigenvalue weighted by molar-refractivity contribution is 0.0696. The van der Waals surface area contributed by atoms with Gasteiger partial charge in [0.1, 0.15) is 5.75 Å². The van der Waals surface area contributed by atoms with Crippen LogP contribution in [0.15, 0.2) is 46.9 Å². The molecule has 2 aromatic carbocycles. The van der Waals surface area contributed by atoms with Gasteiger partial charge in [0.2, 0.25) is 0 Å². The lowest BCUT2D eigenvalue weighted by Crippen LogP contribution is -1.98. The van der Waals surface area contributed by atoms with E-state index in [4.69, 9.17) is 9.84 Å². The molecule has 0 saturated carbocycles. The van der Waals surface area contributed by atoms with Crippen molar-refractivity contribution in [1.29, 1.82) is 0 Å². The summed E-state index contributed by atoms with van der Waals surface area (Å²) in [5, 5.41) is 8.71. The molecule has 0 radical (unpaired) electrons. The molecular weight excluding hydrogens is 303 g/mol. The molecule has 0 unspecified atom stereocenters. The van der Waals surface area contributed by atoms with Crippen LogP contribution in [-0.4, -0.2) is 11.1 Å². The molecule has 0 aliphatic rings. The fourth-order valence-electron chi connectivity index (χ4n) is 1.37. The quantitative estimate of drug-likeness (QED) is 0.929. The van der Waals surface area contributed by atoms with Crippen molar-refractivity contribution in [3.05, 3.63) is 58.3 Å². The first-order valence-electron chi connectivity index (χ1n) is 5.02. The molecule has 2 aromatic rings. The summed E-state index contributed by atoms with van der Waals surface area (Å²) in [6, 6.07) is 10.4. The Morgan fingerprint density at radius 1 is 1.22 bits per heavy atom. The van der Waals surface area contributed by atoms with Gasteiger partial charge in [0.25, 0.3) is 0 Å². The molecule has 0 saturated heterocycles. The van der Waals surface area contributed by atoms with Crippen molar-refractivity contribution in [3.63, 3.8) is 0 Å². The lowest BCUT2D eigenvalue weighted by atomic mass is 10.2. The lowest BCUT2D eigenvalue weighted by Gasteiger charge is -2.07. The van der Waals surface area contributed by atoms with Gasteiger partial charge in [-0.15, -0.1) is 0 Å². The third-order valence-corrected chi connectivity index (χ3v) is 2.70. The van der Waals surface area contributed by atoms with Crippen LogP contribution >= 0.6 is 15.9 Å². The molecule has 1 N–H and O–H groups in total. The summed E-state index contributed by atoms with van der Waals surface area (Å²) in [6.07, 6.45) is 0. The summed E-state index contributed by atoms with van der Waals surface area (Å²) in [7, 11) is 0. The molecule has 2 rings (SSSR count). The van der Waals surface area contributed by atoms with Crippen LogP contribution in [0.2, 0.25) is 0 Å². The van der Waals surface area contributed by atoms with Gasteiger partial charge in [-0.3, -0.25) is 0 Å². The second kappa shape index (κ2) is 5.18. The maximum Gasteiger partial charge on any atom is 0.335 e. The molecule has 0 fully saturated rings. The van der Waals surface area contributed by atoms with Crippen LogP contribution in [0.25, 0.3) is 0 Å². The van der Waals surface area contributed by atoms with Crippen molar-refractivity contribution in [3.8, 4) is 11.5 Å². The number of halogens is 2. The van der Waals surface area contributed by atoms with E-state index >= 15 is 0 Å². The highest BCUT2D eigenvalue weighted by Crippen LogP contribution is 2.27. The van der Waals surface area contributed by atoms with Gasteiger partial charge in [0, 0.05) is 4.47 Å². The second-order valence-electron chi connectivity index (χ2n) is 3.51. The minimum Gasteiger partial charge on any atom is -0.478 e. The molecule has 3 nitrogen and oxygen atoms in total. The molecule has 92 valence electrons. The van der Waals surface area contributed by atoms with E-state index < -0.39 is 11.8 Å². The fraction of sp³-hybridized carbons (Fsp3) is 0. The third-order valence-electron chi connectivity index (χ3n) is 2.20. The van der Waals surface area contributed by atoms with Crippen LogP contribution in [0.3, 0.4) is 0 Å². The molecule has 0 bridgehead atoms. The van der Waals surface area contributed by atoms with Crippen LogP contribution < -0.4 is 4.74 Å². The largest absolute Gasteiger partial charge is 0.478 e. The standard InChI is InChI=1S/C13H8BrFO3/c14-9-2-1-3-10(7-9)18-12-5-4-8(13(16)17)6-11(12)15/h1-7H,(H,16,17). The van der Waals surface area contributed by atoms with E-state index in [0.717, 1.165) is 10.5 Å². The van der Waals surface area contributed by atoms with Crippen molar-refractivity contribution >= 4 is 21.9 Å². The highest BCUT2D eigenvalue weighted by atomic mass is 79.9. The molecule has 0 heterocycles. The third kappa shape index (κ3) is 2.87. The first-order chi connectivity index (χ1) is 8.56. The van der Waals surface area contributed by atoms with Gasteiger partial charge in [-0.05, 0) is 36.4 Å². The van der Waals surface area contributed by atoms with E-state index in [-0.39, 0.29) is 11.3 Å². The first kappa shape index (κ1) is 12.6. The molecule has 0 aliphatic heterocycles. The minimum atomic E-state index is -1.18. The summed E-state index contributed by atoms with van der Waals surface area (Å²) in [4.78, 5) is 10.7. The molecule has 5 heteroatoms. The average molecular weight is 311 g/mol. The Morgan fingerprint density at radius 3 is 2.61 bits per heavy atom. The van der Waals surface area contributed by atoms with Crippen molar-refractivity contribution in [2.75, 3.05) is 0 Å². The number of ether oxygens (including phenoxy) is 1. The SMILES string of the molecule is O=C(O)c1ccc(Oc2cccc(Br)c2)c(F)c1. The highest BCUT2D eigenvalue weighted by molar-refractivity contribution is 9.10. The molecule has 0 atom stereocenters. The van der Waals surface area contributed by atoms with Gasteiger partial charge < -0.3 is 9.84 Å². The van der Waals surface area contributed by atoms with Crippen molar-refractivity contribution in [1.82, 2.24) is 0 Å². The zero-order valence-electron chi connectivity index (χ0n) is 9.06. The predicted octanol–water partition coefficient (Wildman–Crippen LogP) is 4.08. The first-order valence-corrected chi connectivity index (χ1v) is 5.82. The highest BCUT2D eigenvalue weighted by Gasteiger charge is 2.10. The second-order valence-corrected chi connectivity index (χ2v) is 4.43. The van der Waals surface area contributed by atoms with Crippen LogP contribution in [0.5, 0.6) is 11.5 Å². The molecule has 18 heavy (non-hydrogen) atoms. The van der Waals surface area contributed by atoms with Crippen LogP contribution in [0.4, 0.5) is 4.39 Å². The van der Waals surface area contributed by atoms with E-state index in [1.165, 1.54) is 12.1 Å². The van der Waals surface area contributed by atoms with E-state index in [1.807, 2.05) is 6.07 Å². The summed E-state index contributed by atoms with van der Waals surface area (Å²) >= 11 is 3.27. The Balaban J connectivity index is 2.27. The number of carboxylic acids is 1. The minimum absolute atomic E-state index is 0.0156. The van der Waals surface area contributed by atoms with Crippen LogP contribution in [-0.2, 0) is 0 Å². The Kier molecular flexibility index (Phi) is 3.62. The van der Waals surface area contributed by atoms with E-state index in [9.17, 15) is 9.18 Å². The van der Waals surface area contributed by atoms with Gasteiger partial charge in [-0.2, -0.15) is 0 Å². The molecule has 0 spiro atoms. The number of hydrogen-bond donors (Lipinski definition) is 1. The van der Waals surface area contributed by atoms with Gasteiger partial charge >= 0.3 is 5.97 Å². The van der Waals surface area contributed by atoms with Crippen molar-refractivity contribution < 1.29 is 19.0 Å². The smallest absolute Gasteiger partial charge is 0.335 e. The van der Waals surface area contributed by atoms with Gasteiger partial charge in [0.15, 0.2) is 11.6 Å². The van der Waals surface area contributed by atoms with Gasteiger partial charge in [-0.1, -0.05) is 22.0 Å². The maximum atomic E-state index is 13.6. The zero-order chi connectivity index (χ0) is 13.1. The topological polar surface area (TPSA) is 46.5 Å². The number of rotatable bonds is 3. The van der Waals surface area contributed by atoms with Gasteiger partial charge in [-0.25, -0.2) is 9.18 Å². The molecular formula is C13H8BrFO3. The van der Waals surface area contributed by atoms with E-state index in [1.54, 1.807) is 18.2 Å². The Hall–Kier alpha value is -1.88. The average Bonchev–Trinajstić information content (AvgIpc) is 2.31. The number of benzene rings is 2. The van der Waals surface area contributed by atoms with Crippen LogP contribution in [0, 0.1) is 5.82 Å². The summed E-state index contributed by atoms with van der Waals surface area (Å²) in [6.45, 7) is 0. The van der Waals surface area contributed by atoms with Crippen LogP contribution in [0.1, 0.15) is 10.4 Å². The van der Waals surface area contributed by atoms with Crippen molar-refractivity contribution in [2.45, 2.75) is 0 Å². The predicted molar refractivity (Wildman–Crippen MR) is 67.6 cm³/mol. The van der Waals surface area contributed by atoms with Gasteiger partial charge in [0.05, 0.1) is 5.56 Å². The Bertz CT molecular complexity index is 599. The Labute approximate surface area is 111 Å². The van der Waals surface area contributed by atoms with E-state index in [2.05, 4.69) is 15.9 Å². The summed E-state index contributed by atoms with van der Waals surface area (Å²) < 4.78 is 19.7. The monoisotopic (exact) mass is 310 g/mol. The number of carboxylic acid groups (broad SMARTS) is 1. The summed E-state index contributed by atoms with van der Waals surface area (Å²) in [5.41, 5.74) is -0.117. The molecule has 0 amide bonds. The van der Waals surface area contributed by atoms with E-state index in [0.29, 0.717) is 5.75 Å². The Morgan fingerprint density at radius 2 is 2.00 bits per heavy atom. The van der Waals surface area contributed by atoms with Crippen molar-refractivity contribution in [2.24, 2.45) is 0 Å².